The summed E-state index contributed by atoms with van der Waals surface area (Å²) in [6.07, 6.45) is 0.0659. The van der Waals surface area contributed by atoms with E-state index in [0.29, 0.717) is 5.88 Å². The number of hydrogen-bond donors (Lipinski definition) is 1. The second kappa shape index (κ2) is 6.85. The molecule has 0 saturated carbocycles. The second-order valence-corrected chi connectivity index (χ2v) is 5.37. The Bertz CT molecular complexity index is 493. The second-order valence-electron chi connectivity index (χ2n) is 5.37. The van der Waals surface area contributed by atoms with Crippen molar-refractivity contribution in [2.45, 2.75) is 26.9 Å². The monoisotopic (exact) mass is 289 g/mol. The molecule has 116 valence electrons. The third-order valence-electron chi connectivity index (χ3n) is 3.93. The van der Waals surface area contributed by atoms with Gasteiger partial charge in [-0.25, -0.2) is 0 Å². The summed E-state index contributed by atoms with van der Waals surface area (Å²) in [5, 5.41) is 3.18. The summed E-state index contributed by atoms with van der Waals surface area (Å²) < 4.78 is 5.64. The number of nitrogens with one attached hydrogen (secondary N) is 1. The molecule has 0 aromatic heterocycles. The zero-order valence-electron chi connectivity index (χ0n) is 13.6. The molecule has 4 heteroatoms. The molecule has 0 aliphatic carbocycles. The van der Waals surface area contributed by atoms with Crippen LogP contribution in [0.25, 0.3) is 0 Å². The van der Waals surface area contributed by atoms with E-state index in [1.54, 1.807) is 0 Å². The maximum atomic E-state index is 5.64. The van der Waals surface area contributed by atoms with Crippen LogP contribution in [0.3, 0.4) is 0 Å². The molecule has 2 aliphatic rings. The number of ether oxygens (including phenoxy) is 1. The quantitative estimate of drug-likeness (QED) is 0.857. The average Bonchev–Trinajstić information content (AvgIpc) is 2.50. The molecule has 21 heavy (non-hydrogen) atoms. The lowest BCUT2D eigenvalue weighted by atomic mass is 10.0. The Balaban J connectivity index is 0.000000774. The fraction of sp³-hybridized carbons (Fsp3) is 0.529. The molecule has 0 spiro atoms. The average molecular weight is 289 g/mol. The van der Waals surface area contributed by atoms with Gasteiger partial charge in [0.1, 0.15) is 6.10 Å². The number of anilines is 2. The molecule has 0 radical (unpaired) electrons. The highest BCUT2D eigenvalue weighted by molar-refractivity contribution is 5.64. The van der Waals surface area contributed by atoms with Crippen LogP contribution in [-0.2, 0) is 4.74 Å². The number of benzene rings is 1. The molecule has 0 bridgehead atoms. The number of hydrogen-bond acceptors (Lipinski definition) is 4. The van der Waals surface area contributed by atoms with Crippen molar-refractivity contribution in [1.82, 2.24) is 4.90 Å². The van der Waals surface area contributed by atoms with E-state index in [1.807, 2.05) is 13.8 Å². The Labute approximate surface area is 128 Å². The fourth-order valence-corrected chi connectivity index (χ4v) is 2.72. The van der Waals surface area contributed by atoms with E-state index in [4.69, 9.17) is 4.74 Å². The Hall–Kier alpha value is -1.68. The molecule has 1 saturated heterocycles. The van der Waals surface area contributed by atoms with Crippen LogP contribution in [-0.4, -0.2) is 38.1 Å². The lowest BCUT2D eigenvalue weighted by Crippen LogP contribution is -2.44. The number of likely N-dealkylation sites (N-methyl/N-ethyl adjacent to an activating group) is 1. The number of nitrogens with zero attached hydrogens (tertiary/aromatic N) is 2. The molecular weight excluding hydrogens is 262 g/mol. The predicted octanol–water partition coefficient (Wildman–Crippen LogP) is 3.44. The standard InChI is InChI=1S/C15H21N3O.C2H6/c1-11-14-10-13(18-8-6-17(3)7-9-18)4-5-15(14)16-12(2)19-11;1-2/h4-5,10-11,16H,2,6-9H2,1,3H3;1-2H3. The molecule has 1 fully saturated rings. The first-order valence-corrected chi connectivity index (χ1v) is 7.83. The lowest BCUT2D eigenvalue weighted by Gasteiger charge is -2.35. The van der Waals surface area contributed by atoms with Gasteiger partial charge in [0.05, 0.1) is 0 Å². The summed E-state index contributed by atoms with van der Waals surface area (Å²) in [4.78, 5) is 4.81. The molecule has 2 aliphatic heterocycles. The van der Waals surface area contributed by atoms with Crippen molar-refractivity contribution in [2.75, 3.05) is 43.4 Å². The van der Waals surface area contributed by atoms with Crippen molar-refractivity contribution in [1.29, 1.82) is 0 Å². The van der Waals surface area contributed by atoms with Gasteiger partial charge in [-0.05, 0) is 38.7 Å². The summed E-state index contributed by atoms with van der Waals surface area (Å²) in [7, 11) is 2.18. The van der Waals surface area contributed by atoms with Crippen LogP contribution in [0, 0.1) is 0 Å². The summed E-state index contributed by atoms with van der Waals surface area (Å²) in [5.74, 6) is 0.632. The summed E-state index contributed by atoms with van der Waals surface area (Å²) in [5.41, 5.74) is 3.61. The maximum absolute atomic E-state index is 5.64. The molecule has 1 atom stereocenters. The zero-order chi connectivity index (χ0) is 15.4. The Kier molecular flexibility index (Phi) is 5.12. The molecule has 2 heterocycles. The van der Waals surface area contributed by atoms with Crippen molar-refractivity contribution in [3.63, 3.8) is 0 Å². The number of piperazine rings is 1. The highest BCUT2D eigenvalue weighted by Gasteiger charge is 2.21. The highest BCUT2D eigenvalue weighted by Crippen LogP contribution is 2.35. The van der Waals surface area contributed by atoms with Crippen LogP contribution >= 0.6 is 0 Å². The maximum Gasteiger partial charge on any atom is 0.184 e. The van der Waals surface area contributed by atoms with Crippen LogP contribution in [0.4, 0.5) is 11.4 Å². The Morgan fingerprint density at radius 3 is 2.52 bits per heavy atom. The Morgan fingerprint density at radius 2 is 1.86 bits per heavy atom. The smallest absolute Gasteiger partial charge is 0.184 e. The fourth-order valence-electron chi connectivity index (χ4n) is 2.72. The first-order valence-electron chi connectivity index (χ1n) is 7.83. The minimum Gasteiger partial charge on any atom is -0.472 e. The van der Waals surface area contributed by atoms with Crippen LogP contribution < -0.4 is 10.2 Å². The molecule has 3 rings (SSSR count). The zero-order valence-corrected chi connectivity index (χ0v) is 13.6. The molecular formula is C17H27N3O. The van der Waals surface area contributed by atoms with Gasteiger partial charge in [-0.2, -0.15) is 0 Å². The Morgan fingerprint density at radius 1 is 1.19 bits per heavy atom. The van der Waals surface area contributed by atoms with E-state index >= 15 is 0 Å². The number of rotatable bonds is 1. The van der Waals surface area contributed by atoms with Crippen LogP contribution in [0.2, 0.25) is 0 Å². The third kappa shape index (κ3) is 3.50. The van der Waals surface area contributed by atoms with Crippen molar-refractivity contribution in [2.24, 2.45) is 0 Å². The van der Waals surface area contributed by atoms with Gasteiger partial charge in [0, 0.05) is 43.1 Å². The SMILES string of the molecule is C=C1Nc2ccc(N3CCN(C)CC3)cc2C(C)O1.CC. The molecule has 1 unspecified atom stereocenters. The van der Waals surface area contributed by atoms with Gasteiger partial charge >= 0.3 is 0 Å². The van der Waals surface area contributed by atoms with E-state index < -0.39 is 0 Å². The molecule has 4 nitrogen and oxygen atoms in total. The van der Waals surface area contributed by atoms with Gasteiger partial charge in [-0.15, -0.1) is 0 Å². The van der Waals surface area contributed by atoms with E-state index in [2.05, 4.69) is 53.9 Å². The van der Waals surface area contributed by atoms with Gasteiger partial charge in [0.15, 0.2) is 5.88 Å². The van der Waals surface area contributed by atoms with E-state index in [-0.39, 0.29) is 6.10 Å². The largest absolute Gasteiger partial charge is 0.472 e. The van der Waals surface area contributed by atoms with E-state index in [0.717, 1.165) is 31.9 Å². The summed E-state index contributed by atoms with van der Waals surface area (Å²) >= 11 is 0. The van der Waals surface area contributed by atoms with Crippen LogP contribution in [0.5, 0.6) is 0 Å². The third-order valence-corrected chi connectivity index (χ3v) is 3.93. The van der Waals surface area contributed by atoms with E-state index in [1.165, 1.54) is 11.3 Å². The van der Waals surface area contributed by atoms with Crippen molar-refractivity contribution < 1.29 is 4.74 Å². The molecule has 1 aromatic carbocycles. The van der Waals surface area contributed by atoms with Crippen LogP contribution in [0.15, 0.2) is 30.7 Å². The first-order chi connectivity index (χ1) is 10.1. The lowest BCUT2D eigenvalue weighted by molar-refractivity contribution is 0.131. The van der Waals surface area contributed by atoms with Crippen molar-refractivity contribution >= 4 is 11.4 Å². The highest BCUT2D eigenvalue weighted by atomic mass is 16.5. The van der Waals surface area contributed by atoms with E-state index in [9.17, 15) is 0 Å². The van der Waals surface area contributed by atoms with Gasteiger partial charge < -0.3 is 19.9 Å². The predicted molar refractivity (Wildman–Crippen MR) is 89.8 cm³/mol. The minimum atomic E-state index is 0.0659. The topological polar surface area (TPSA) is 27.7 Å². The normalized spacial score (nSPS) is 21.6. The van der Waals surface area contributed by atoms with Crippen molar-refractivity contribution in [3.8, 4) is 0 Å². The van der Waals surface area contributed by atoms with Gasteiger partial charge in [-0.1, -0.05) is 13.8 Å². The van der Waals surface area contributed by atoms with Gasteiger partial charge in [0.2, 0.25) is 0 Å². The minimum absolute atomic E-state index is 0.0659. The summed E-state index contributed by atoms with van der Waals surface area (Å²) in [6, 6.07) is 6.56. The van der Waals surface area contributed by atoms with Crippen LogP contribution in [0.1, 0.15) is 32.4 Å². The first kappa shape index (κ1) is 15.7. The number of fused-ring (bicyclic) bond motifs is 1. The summed E-state index contributed by atoms with van der Waals surface area (Å²) in [6.45, 7) is 14.3. The van der Waals surface area contributed by atoms with Gasteiger partial charge in [-0.3, -0.25) is 0 Å². The molecule has 1 aromatic rings. The molecule has 0 amide bonds. The van der Waals surface area contributed by atoms with Gasteiger partial charge in [0.25, 0.3) is 0 Å². The van der Waals surface area contributed by atoms with Crippen molar-refractivity contribution in [3.05, 3.63) is 36.2 Å². The molecule has 1 N–H and O–H groups in total.